The zero-order valence-electron chi connectivity index (χ0n) is 11.0. The molecule has 1 aliphatic rings. The van der Waals surface area contributed by atoms with Gasteiger partial charge in [0.1, 0.15) is 5.60 Å². The minimum Gasteiger partial charge on any atom is -0.384 e. The Morgan fingerprint density at radius 2 is 1.83 bits per heavy atom. The van der Waals surface area contributed by atoms with Crippen LogP contribution in [0.1, 0.15) is 31.7 Å². The topological polar surface area (TPSA) is 23.5 Å². The number of hydrogen-bond acceptors (Lipinski definition) is 2. The molecule has 1 N–H and O–H groups in total. The van der Waals surface area contributed by atoms with Crippen LogP contribution in [0.25, 0.3) is 0 Å². The van der Waals surface area contributed by atoms with Gasteiger partial charge in [-0.15, -0.1) is 11.6 Å². The van der Waals surface area contributed by atoms with E-state index in [9.17, 15) is 5.11 Å². The molecule has 0 spiro atoms. The van der Waals surface area contributed by atoms with Gasteiger partial charge in [-0.2, -0.15) is 0 Å². The van der Waals surface area contributed by atoms with Crippen LogP contribution >= 0.6 is 11.6 Å². The van der Waals surface area contributed by atoms with Gasteiger partial charge in [-0.3, -0.25) is 4.90 Å². The van der Waals surface area contributed by atoms with E-state index in [0.717, 1.165) is 18.7 Å². The predicted molar refractivity (Wildman–Crippen MR) is 75.9 cm³/mol. The van der Waals surface area contributed by atoms with Gasteiger partial charge < -0.3 is 5.11 Å². The third kappa shape index (κ3) is 2.87. The van der Waals surface area contributed by atoms with E-state index in [1.165, 1.54) is 19.3 Å². The van der Waals surface area contributed by atoms with Gasteiger partial charge in [-0.05, 0) is 38.4 Å². The molecule has 100 valence electrons. The summed E-state index contributed by atoms with van der Waals surface area (Å²) in [4.78, 5) is 2.34. The highest BCUT2D eigenvalue weighted by molar-refractivity contribution is 6.18. The first-order valence-corrected chi connectivity index (χ1v) is 7.27. The maximum Gasteiger partial charge on any atom is 0.103 e. The SMILES string of the molecule is C[C@@](O)(c1ccccc1)[C@@H](CCl)N1CCCCC1. The maximum atomic E-state index is 10.9. The summed E-state index contributed by atoms with van der Waals surface area (Å²) in [5.74, 6) is 0.460. The van der Waals surface area contributed by atoms with Crippen molar-refractivity contribution in [3.05, 3.63) is 35.9 Å². The summed E-state index contributed by atoms with van der Waals surface area (Å²) in [6.07, 6.45) is 3.70. The molecule has 1 saturated heterocycles. The molecule has 0 aliphatic carbocycles. The summed E-state index contributed by atoms with van der Waals surface area (Å²) in [7, 11) is 0. The first-order valence-electron chi connectivity index (χ1n) is 6.74. The van der Waals surface area contributed by atoms with E-state index in [2.05, 4.69) is 4.90 Å². The van der Waals surface area contributed by atoms with Crippen molar-refractivity contribution in [3.8, 4) is 0 Å². The van der Waals surface area contributed by atoms with Crippen molar-refractivity contribution in [2.24, 2.45) is 0 Å². The molecule has 1 fully saturated rings. The molecule has 2 rings (SSSR count). The minimum atomic E-state index is -0.889. The van der Waals surface area contributed by atoms with Gasteiger partial charge in [0.05, 0.1) is 6.04 Å². The number of piperidine rings is 1. The third-order valence-electron chi connectivity index (χ3n) is 3.98. The summed E-state index contributed by atoms with van der Waals surface area (Å²) in [6, 6.07) is 9.83. The zero-order valence-corrected chi connectivity index (χ0v) is 11.7. The third-order valence-corrected chi connectivity index (χ3v) is 4.28. The van der Waals surface area contributed by atoms with Gasteiger partial charge in [-0.1, -0.05) is 36.8 Å². The second-order valence-electron chi connectivity index (χ2n) is 5.28. The maximum absolute atomic E-state index is 10.9. The van der Waals surface area contributed by atoms with Gasteiger partial charge in [0.25, 0.3) is 0 Å². The van der Waals surface area contributed by atoms with Gasteiger partial charge >= 0.3 is 0 Å². The van der Waals surface area contributed by atoms with Crippen LogP contribution in [0.5, 0.6) is 0 Å². The smallest absolute Gasteiger partial charge is 0.103 e. The zero-order chi connectivity index (χ0) is 13.0. The average molecular weight is 268 g/mol. The Hall–Kier alpha value is -0.570. The van der Waals surface area contributed by atoms with Crippen LogP contribution in [0.2, 0.25) is 0 Å². The molecule has 0 unspecified atom stereocenters. The number of alkyl halides is 1. The van der Waals surface area contributed by atoms with Crippen molar-refractivity contribution >= 4 is 11.6 Å². The predicted octanol–water partition coefficient (Wildman–Crippen LogP) is 2.99. The van der Waals surface area contributed by atoms with Crippen LogP contribution in [0.15, 0.2) is 30.3 Å². The molecule has 0 radical (unpaired) electrons. The molecule has 2 nitrogen and oxygen atoms in total. The fraction of sp³-hybridized carbons (Fsp3) is 0.600. The lowest BCUT2D eigenvalue weighted by Gasteiger charge is -2.42. The Morgan fingerprint density at radius 1 is 1.22 bits per heavy atom. The second kappa shape index (κ2) is 6.05. The van der Waals surface area contributed by atoms with Crippen LogP contribution < -0.4 is 0 Å². The first-order chi connectivity index (χ1) is 8.66. The van der Waals surface area contributed by atoms with Gasteiger partial charge in [0, 0.05) is 5.88 Å². The molecule has 0 aromatic heterocycles. The van der Waals surface area contributed by atoms with E-state index in [1.807, 2.05) is 37.3 Å². The lowest BCUT2D eigenvalue weighted by Crippen LogP contribution is -2.52. The van der Waals surface area contributed by atoms with E-state index < -0.39 is 5.60 Å². The number of rotatable bonds is 4. The molecule has 1 heterocycles. The Morgan fingerprint density at radius 3 is 2.39 bits per heavy atom. The Labute approximate surface area is 115 Å². The molecule has 2 atom stereocenters. The van der Waals surface area contributed by atoms with Crippen LogP contribution in [-0.4, -0.2) is 35.0 Å². The molecular formula is C15H22ClNO. The molecule has 1 aromatic carbocycles. The molecule has 1 aliphatic heterocycles. The minimum absolute atomic E-state index is 0.0122. The van der Waals surface area contributed by atoms with Gasteiger partial charge in [0.15, 0.2) is 0 Å². The molecule has 0 amide bonds. The second-order valence-corrected chi connectivity index (χ2v) is 5.59. The van der Waals surface area contributed by atoms with E-state index in [1.54, 1.807) is 0 Å². The Balaban J connectivity index is 2.19. The molecule has 0 bridgehead atoms. The number of hydrogen-bond donors (Lipinski definition) is 1. The summed E-state index contributed by atoms with van der Waals surface area (Å²) >= 11 is 6.13. The number of nitrogens with zero attached hydrogens (tertiary/aromatic N) is 1. The molecular weight excluding hydrogens is 246 g/mol. The highest BCUT2D eigenvalue weighted by atomic mass is 35.5. The standard InChI is InChI=1S/C15H22ClNO/c1-15(18,13-8-4-2-5-9-13)14(12-16)17-10-6-3-7-11-17/h2,4-5,8-9,14,18H,3,6-7,10-12H2,1H3/t14-,15-/m1/s1. The monoisotopic (exact) mass is 267 g/mol. The van der Waals surface area contributed by atoms with E-state index in [4.69, 9.17) is 11.6 Å². The summed E-state index contributed by atoms with van der Waals surface area (Å²) < 4.78 is 0. The normalized spacial score (nSPS) is 22.4. The number of likely N-dealkylation sites (tertiary alicyclic amines) is 1. The van der Waals surface area contributed by atoms with E-state index in [-0.39, 0.29) is 6.04 Å². The Kier molecular flexibility index (Phi) is 4.66. The Bertz CT molecular complexity index is 360. The number of aliphatic hydroxyl groups is 1. The first kappa shape index (κ1) is 13.9. The van der Waals surface area contributed by atoms with E-state index >= 15 is 0 Å². The van der Waals surface area contributed by atoms with Crippen molar-refractivity contribution < 1.29 is 5.11 Å². The molecule has 3 heteroatoms. The van der Waals surface area contributed by atoms with E-state index in [0.29, 0.717) is 5.88 Å². The van der Waals surface area contributed by atoms with Crippen molar-refractivity contribution in [2.45, 2.75) is 37.8 Å². The lowest BCUT2D eigenvalue weighted by atomic mass is 9.87. The molecule has 0 saturated carbocycles. The lowest BCUT2D eigenvalue weighted by molar-refractivity contribution is -0.0352. The van der Waals surface area contributed by atoms with Crippen LogP contribution in [0.3, 0.4) is 0 Å². The van der Waals surface area contributed by atoms with Crippen molar-refractivity contribution in [2.75, 3.05) is 19.0 Å². The van der Waals surface area contributed by atoms with Crippen LogP contribution in [0, 0.1) is 0 Å². The summed E-state index contributed by atoms with van der Waals surface area (Å²) in [5, 5.41) is 10.9. The highest BCUT2D eigenvalue weighted by Crippen LogP contribution is 2.30. The van der Waals surface area contributed by atoms with Crippen molar-refractivity contribution in [3.63, 3.8) is 0 Å². The molecule has 1 aromatic rings. The fourth-order valence-corrected chi connectivity index (χ4v) is 3.30. The largest absolute Gasteiger partial charge is 0.384 e. The van der Waals surface area contributed by atoms with Crippen molar-refractivity contribution in [1.82, 2.24) is 4.90 Å². The van der Waals surface area contributed by atoms with Crippen LogP contribution in [-0.2, 0) is 5.60 Å². The number of halogens is 1. The highest BCUT2D eigenvalue weighted by Gasteiger charge is 2.37. The van der Waals surface area contributed by atoms with Crippen LogP contribution in [0.4, 0.5) is 0 Å². The quantitative estimate of drug-likeness (QED) is 0.848. The fourth-order valence-electron chi connectivity index (χ4n) is 2.80. The van der Waals surface area contributed by atoms with Gasteiger partial charge in [0.2, 0.25) is 0 Å². The van der Waals surface area contributed by atoms with Gasteiger partial charge in [-0.25, -0.2) is 0 Å². The number of benzene rings is 1. The summed E-state index contributed by atoms with van der Waals surface area (Å²) in [6.45, 7) is 3.96. The summed E-state index contributed by atoms with van der Waals surface area (Å²) in [5.41, 5.74) is 0.0570. The average Bonchev–Trinajstić information content (AvgIpc) is 2.41. The van der Waals surface area contributed by atoms with Crippen molar-refractivity contribution in [1.29, 1.82) is 0 Å². The molecule has 18 heavy (non-hydrogen) atoms.